The topological polar surface area (TPSA) is 75.3 Å². The van der Waals surface area contributed by atoms with Crippen LogP contribution in [0.1, 0.15) is 62.2 Å². The molecule has 5 rings (SSSR count). The number of piperidine rings is 2. The molecule has 162 valence electrons. The van der Waals surface area contributed by atoms with Gasteiger partial charge in [-0.25, -0.2) is 9.97 Å². The average Bonchev–Trinajstić information content (AvgIpc) is 3.30. The summed E-state index contributed by atoms with van der Waals surface area (Å²) in [4.78, 5) is 29.6. The second-order valence-electron chi connectivity index (χ2n) is 9.64. The van der Waals surface area contributed by atoms with Crippen molar-refractivity contribution in [3.05, 3.63) is 16.3 Å². The largest absolute Gasteiger partial charge is 0.369 e. The van der Waals surface area contributed by atoms with Crippen molar-refractivity contribution in [3.63, 3.8) is 0 Å². The zero-order valence-electron chi connectivity index (χ0n) is 18.2. The third kappa shape index (κ3) is 3.71. The zero-order chi connectivity index (χ0) is 20.8. The fourth-order valence-corrected chi connectivity index (χ4v) is 6.63. The van der Waals surface area contributed by atoms with Gasteiger partial charge in [0.25, 0.3) is 0 Å². The number of likely N-dealkylation sites (tertiary alicyclic amines) is 1. The van der Waals surface area contributed by atoms with Crippen LogP contribution in [-0.2, 0) is 24.2 Å². The molecule has 0 unspecified atom stereocenters. The molecule has 30 heavy (non-hydrogen) atoms. The molecular weight excluding hydrogens is 394 g/mol. The zero-order valence-corrected chi connectivity index (χ0v) is 19.0. The molecule has 0 spiro atoms. The Kier molecular flexibility index (Phi) is 5.44. The molecule has 2 N–H and O–H groups in total. The van der Waals surface area contributed by atoms with E-state index in [0.717, 1.165) is 67.7 Å². The molecule has 2 aliphatic heterocycles. The third-order valence-corrected chi connectivity index (χ3v) is 8.58. The maximum Gasteiger partial charge on any atom is 0.222 e. The molecule has 0 radical (unpaired) electrons. The number of aromatic nitrogens is 2. The van der Waals surface area contributed by atoms with Gasteiger partial charge >= 0.3 is 0 Å². The van der Waals surface area contributed by atoms with Gasteiger partial charge in [-0.3, -0.25) is 9.69 Å². The van der Waals surface area contributed by atoms with E-state index in [2.05, 4.69) is 23.6 Å². The first-order valence-corrected chi connectivity index (χ1v) is 12.4. The molecule has 2 saturated heterocycles. The summed E-state index contributed by atoms with van der Waals surface area (Å²) in [5.74, 6) is 2.53. The summed E-state index contributed by atoms with van der Waals surface area (Å²) < 4.78 is 0. The Morgan fingerprint density at radius 2 is 1.93 bits per heavy atom. The van der Waals surface area contributed by atoms with E-state index in [-0.39, 0.29) is 11.8 Å². The monoisotopic (exact) mass is 427 g/mol. The Hall–Kier alpha value is -1.73. The van der Waals surface area contributed by atoms with E-state index in [1.165, 1.54) is 35.1 Å². The summed E-state index contributed by atoms with van der Waals surface area (Å²) in [6.07, 6.45) is 7.87. The van der Waals surface area contributed by atoms with E-state index in [1.807, 2.05) is 11.3 Å². The predicted octanol–water partition coefficient (Wildman–Crippen LogP) is 3.50. The van der Waals surface area contributed by atoms with Gasteiger partial charge in [0.2, 0.25) is 5.91 Å². The number of primary amides is 1. The lowest BCUT2D eigenvalue weighted by Crippen LogP contribution is -2.46. The quantitative estimate of drug-likeness (QED) is 0.808. The van der Waals surface area contributed by atoms with Gasteiger partial charge in [0.1, 0.15) is 16.5 Å². The number of nitrogens with zero attached hydrogens (tertiary/aromatic N) is 4. The molecule has 3 aliphatic rings. The SMILES string of the molecule is CC1CCN(Cc2nc(N3C[C@@H](C(N)=O)CC[C@H]3C)c3c4c(sc3n2)CCC4)CC1. The van der Waals surface area contributed by atoms with Crippen molar-refractivity contribution in [2.24, 2.45) is 17.6 Å². The second kappa shape index (κ2) is 8.08. The van der Waals surface area contributed by atoms with Gasteiger partial charge in [-0.05, 0) is 76.4 Å². The predicted molar refractivity (Wildman–Crippen MR) is 122 cm³/mol. The Bertz CT molecular complexity index is 949. The summed E-state index contributed by atoms with van der Waals surface area (Å²) in [5.41, 5.74) is 7.15. The first-order chi connectivity index (χ1) is 14.5. The molecular formula is C23H33N5OS. The molecule has 1 aliphatic carbocycles. The molecule has 0 bridgehead atoms. The smallest absolute Gasteiger partial charge is 0.222 e. The highest BCUT2D eigenvalue weighted by Gasteiger charge is 2.33. The van der Waals surface area contributed by atoms with Crippen molar-refractivity contribution in [1.82, 2.24) is 14.9 Å². The summed E-state index contributed by atoms with van der Waals surface area (Å²) in [5, 5.41) is 1.25. The maximum absolute atomic E-state index is 12.0. The van der Waals surface area contributed by atoms with E-state index in [0.29, 0.717) is 12.6 Å². The molecule has 2 fully saturated rings. The Morgan fingerprint density at radius 1 is 1.13 bits per heavy atom. The number of anilines is 1. The van der Waals surface area contributed by atoms with Crippen LogP contribution in [0, 0.1) is 11.8 Å². The average molecular weight is 428 g/mol. The molecule has 0 aromatic carbocycles. The summed E-state index contributed by atoms with van der Waals surface area (Å²) in [7, 11) is 0. The number of hydrogen-bond acceptors (Lipinski definition) is 6. The van der Waals surface area contributed by atoms with Gasteiger partial charge in [0.15, 0.2) is 0 Å². The van der Waals surface area contributed by atoms with Gasteiger partial charge in [-0.2, -0.15) is 0 Å². The molecule has 4 heterocycles. The summed E-state index contributed by atoms with van der Waals surface area (Å²) >= 11 is 1.86. The number of amides is 1. The first kappa shape index (κ1) is 20.2. The molecule has 2 aromatic heterocycles. The van der Waals surface area contributed by atoms with E-state index in [1.54, 1.807) is 0 Å². The van der Waals surface area contributed by atoms with Crippen LogP contribution in [0.2, 0.25) is 0 Å². The van der Waals surface area contributed by atoms with E-state index < -0.39 is 0 Å². The van der Waals surface area contributed by atoms with Crippen molar-refractivity contribution >= 4 is 33.3 Å². The van der Waals surface area contributed by atoms with Gasteiger partial charge in [0.05, 0.1) is 17.8 Å². The second-order valence-corrected chi connectivity index (χ2v) is 10.7. The van der Waals surface area contributed by atoms with Gasteiger partial charge < -0.3 is 10.6 Å². The van der Waals surface area contributed by atoms with Crippen LogP contribution >= 0.6 is 11.3 Å². The summed E-state index contributed by atoms with van der Waals surface area (Å²) in [6, 6.07) is 0.360. The Morgan fingerprint density at radius 3 is 2.70 bits per heavy atom. The van der Waals surface area contributed by atoms with Crippen molar-refractivity contribution in [1.29, 1.82) is 0 Å². The van der Waals surface area contributed by atoms with Crippen LogP contribution in [-0.4, -0.2) is 46.5 Å². The van der Waals surface area contributed by atoms with Crippen LogP contribution in [0.5, 0.6) is 0 Å². The van der Waals surface area contributed by atoms with Crippen molar-refractivity contribution in [2.45, 2.75) is 71.4 Å². The van der Waals surface area contributed by atoms with E-state index >= 15 is 0 Å². The number of nitrogens with two attached hydrogens (primary N) is 1. The number of aryl methyl sites for hydroxylation is 2. The normalized spacial score (nSPS) is 25.7. The van der Waals surface area contributed by atoms with Gasteiger partial charge in [-0.1, -0.05) is 6.92 Å². The number of fused-ring (bicyclic) bond motifs is 3. The maximum atomic E-state index is 12.0. The van der Waals surface area contributed by atoms with Crippen molar-refractivity contribution in [2.75, 3.05) is 24.5 Å². The first-order valence-electron chi connectivity index (χ1n) is 11.6. The number of carbonyl (C=O) groups excluding carboxylic acids is 1. The van der Waals surface area contributed by atoms with Crippen LogP contribution in [0.4, 0.5) is 5.82 Å². The minimum Gasteiger partial charge on any atom is -0.369 e. The highest BCUT2D eigenvalue weighted by molar-refractivity contribution is 7.19. The Balaban J connectivity index is 1.53. The molecule has 2 atom stereocenters. The lowest BCUT2D eigenvalue weighted by Gasteiger charge is -2.38. The lowest BCUT2D eigenvalue weighted by molar-refractivity contribution is -0.122. The van der Waals surface area contributed by atoms with Crippen LogP contribution in [0.15, 0.2) is 0 Å². The third-order valence-electron chi connectivity index (χ3n) is 7.39. The Labute approximate surface area is 182 Å². The molecule has 2 aromatic rings. The summed E-state index contributed by atoms with van der Waals surface area (Å²) in [6.45, 7) is 8.35. The molecule has 7 heteroatoms. The lowest BCUT2D eigenvalue weighted by atomic mass is 9.92. The standard InChI is InChI=1S/C23H33N5OS/c1-14-8-10-27(11-9-14)13-19-25-22(28-12-16(21(24)29)7-6-15(28)2)20-17-4-3-5-18(17)30-23(20)26-19/h14-16H,3-13H2,1-2H3,(H2,24,29)/t15-,16+/m1/s1. The minimum absolute atomic E-state index is 0.0927. The molecule has 6 nitrogen and oxygen atoms in total. The van der Waals surface area contributed by atoms with Crippen LogP contribution in [0.3, 0.4) is 0 Å². The van der Waals surface area contributed by atoms with E-state index in [9.17, 15) is 4.79 Å². The molecule has 1 amide bonds. The van der Waals surface area contributed by atoms with Crippen molar-refractivity contribution < 1.29 is 4.79 Å². The highest BCUT2D eigenvalue weighted by atomic mass is 32.1. The fourth-order valence-electron chi connectivity index (χ4n) is 5.35. The highest BCUT2D eigenvalue weighted by Crippen LogP contribution is 2.42. The molecule has 0 saturated carbocycles. The minimum atomic E-state index is -0.185. The number of rotatable bonds is 4. The van der Waals surface area contributed by atoms with Crippen LogP contribution < -0.4 is 10.6 Å². The van der Waals surface area contributed by atoms with Gasteiger partial charge in [0, 0.05) is 17.5 Å². The number of hydrogen-bond donors (Lipinski definition) is 1. The number of thiophene rings is 1. The van der Waals surface area contributed by atoms with Gasteiger partial charge in [-0.15, -0.1) is 11.3 Å². The van der Waals surface area contributed by atoms with Crippen molar-refractivity contribution in [3.8, 4) is 0 Å². The number of carbonyl (C=O) groups is 1. The fraction of sp³-hybridized carbons (Fsp3) is 0.696. The van der Waals surface area contributed by atoms with Crippen LogP contribution in [0.25, 0.3) is 10.2 Å². The van der Waals surface area contributed by atoms with E-state index in [4.69, 9.17) is 15.7 Å².